The van der Waals surface area contributed by atoms with E-state index in [1.165, 1.54) is 22.9 Å². The summed E-state index contributed by atoms with van der Waals surface area (Å²) in [5.41, 5.74) is 3.73. The van der Waals surface area contributed by atoms with Gasteiger partial charge in [-0.05, 0) is 37.5 Å². The highest BCUT2D eigenvalue weighted by molar-refractivity contribution is 7.90. The molecule has 1 aromatic carbocycles. The van der Waals surface area contributed by atoms with E-state index in [-0.39, 0.29) is 11.8 Å². The van der Waals surface area contributed by atoms with Crippen molar-refractivity contribution in [2.45, 2.75) is 33.4 Å². The summed E-state index contributed by atoms with van der Waals surface area (Å²) in [4.78, 5) is 0. The average molecular weight is 255 g/mol. The molecule has 0 aliphatic carbocycles. The highest BCUT2D eigenvalue weighted by Gasteiger charge is 2.09. The van der Waals surface area contributed by atoms with Crippen LogP contribution in [0.25, 0.3) is 0 Å². The number of benzene rings is 1. The molecule has 0 bridgehead atoms. The highest BCUT2D eigenvalue weighted by Crippen LogP contribution is 2.09. The van der Waals surface area contributed by atoms with Crippen LogP contribution in [0.1, 0.15) is 23.6 Å². The van der Waals surface area contributed by atoms with E-state index in [0.717, 1.165) is 0 Å². The van der Waals surface area contributed by atoms with E-state index in [1.54, 1.807) is 0 Å². The minimum Gasteiger partial charge on any atom is -0.309 e. The summed E-state index contributed by atoms with van der Waals surface area (Å²) in [5, 5.41) is 3.22. The summed E-state index contributed by atoms with van der Waals surface area (Å²) in [7, 11) is -2.91. The topological polar surface area (TPSA) is 46.2 Å². The molecule has 17 heavy (non-hydrogen) atoms. The average Bonchev–Trinajstić information content (AvgIpc) is 2.17. The molecule has 0 amide bonds. The molecular formula is C13H21NO2S. The number of hydrogen-bond acceptors (Lipinski definition) is 3. The molecule has 1 atom stereocenters. The van der Waals surface area contributed by atoms with Crippen molar-refractivity contribution in [2.24, 2.45) is 0 Å². The summed E-state index contributed by atoms with van der Waals surface area (Å²) >= 11 is 0. The van der Waals surface area contributed by atoms with Gasteiger partial charge in [0.2, 0.25) is 0 Å². The van der Waals surface area contributed by atoms with Gasteiger partial charge in [0.05, 0.1) is 5.75 Å². The molecule has 0 saturated carbocycles. The van der Waals surface area contributed by atoms with Crippen LogP contribution < -0.4 is 5.32 Å². The van der Waals surface area contributed by atoms with Crippen molar-refractivity contribution < 1.29 is 8.42 Å². The minimum atomic E-state index is -2.91. The third-order valence-electron chi connectivity index (χ3n) is 2.78. The Morgan fingerprint density at radius 1 is 1.24 bits per heavy atom. The van der Waals surface area contributed by atoms with Crippen LogP contribution in [0.3, 0.4) is 0 Å². The minimum absolute atomic E-state index is 0.0217. The number of sulfone groups is 1. The Morgan fingerprint density at radius 2 is 1.88 bits per heavy atom. The number of nitrogens with one attached hydrogen (secondary N) is 1. The summed E-state index contributed by atoms with van der Waals surface area (Å²) in [6, 6.07) is 6.28. The quantitative estimate of drug-likeness (QED) is 0.873. The van der Waals surface area contributed by atoms with Gasteiger partial charge in [-0.15, -0.1) is 0 Å². The molecule has 1 unspecified atom stereocenters. The molecule has 1 N–H and O–H groups in total. The number of hydrogen-bond donors (Lipinski definition) is 1. The van der Waals surface area contributed by atoms with Crippen LogP contribution >= 0.6 is 0 Å². The molecule has 1 rings (SSSR count). The predicted octanol–water partition coefficient (Wildman–Crippen LogP) is 1.83. The first-order chi connectivity index (χ1) is 7.78. The molecule has 0 aromatic heterocycles. The van der Waals surface area contributed by atoms with Gasteiger partial charge < -0.3 is 5.32 Å². The van der Waals surface area contributed by atoms with Crippen LogP contribution in [0.4, 0.5) is 0 Å². The van der Waals surface area contributed by atoms with E-state index in [4.69, 9.17) is 0 Å². The molecular weight excluding hydrogens is 234 g/mol. The van der Waals surface area contributed by atoms with Gasteiger partial charge in [-0.2, -0.15) is 0 Å². The van der Waals surface area contributed by atoms with E-state index in [9.17, 15) is 8.42 Å². The third kappa shape index (κ3) is 5.33. The van der Waals surface area contributed by atoms with Gasteiger partial charge in [0.25, 0.3) is 0 Å². The van der Waals surface area contributed by atoms with Crippen molar-refractivity contribution in [2.75, 3.05) is 12.0 Å². The second-order valence-corrected chi connectivity index (χ2v) is 6.98. The lowest BCUT2D eigenvalue weighted by atomic mass is 10.1. The first kappa shape index (κ1) is 14.2. The van der Waals surface area contributed by atoms with Crippen LogP contribution in [-0.4, -0.2) is 26.5 Å². The molecule has 4 heteroatoms. The van der Waals surface area contributed by atoms with Crippen LogP contribution in [0.15, 0.2) is 18.2 Å². The van der Waals surface area contributed by atoms with Gasteiger partial charge in [-0.1, -0.05) is 18.2 Å². The largest absolute Gasteiger partial charge is 0.309 e. The fourth-order valence-electron chi connectivity index (χ4n) is 1.72. The van der Waals surface area contributed by atoms with Crippen molar-refractivity contribution in [3.63, 3.8) is 0 Å². The number of rotatable bonds is 5. The van der Waals surface area contributed by atoms with Crippen molar-refractivity contribution in [1.29, 1.82) is 0 Å². The van der Waals surface area contributed by atoms with E-state index in [0.29, 0.717) is 6.54 Å². The van der Waals surface area contributed by atoms with Crippen LogP contribution in [0.5, 0.6) is 0 Å². The standard InChI is InChI=1S/C13H21NO2S/c1-10-5-6-13(7-11(10)2)8-14-12(3)9-17(4,15)16/h5-7,12,14H,8-9H2,1-4H3. The second kappa shape index (κ2) is 5.65. The van der Waals surface area contributed by atoms with Crippen LogP contribution in [0.2, 0.25) is 0 Å². The fourth-order valence-corrected chi connectivity index (χ4v) is 2.74. The molecule has 0 saturated heterocycles. The first-order valence-corrected chi connectivity index (χ1v) is 7.81. The highest BCUT2D eigenvalue weighted by atomic mass is 32.2. The smallest absolute Gasteiger partial charge is 0.148 e. The Hall–Kier alpha value is -0.870. The van der Waals surface area contributed by atoms with Gasteiger partial charge in [0.1, 0.15) is 9.84 Å². The van der Waals surface area contributed by atoms with E-state index >= 15 is 0 Å². The summed E-state index contributed by atoms with van der Waals surface area (Å²) in [6.07, 6.45) is 1.27. The lowest BCUT2D eigenvalue weighted by molar-refractivity contribution is 0.560. The van der Waals surface area contributed by atoms with Gasteiger partial charge in [-0.25, -0.2) is 8.42 Å². The first-order valence-electron chi connectivity index (χ1n) is 5.75. The predicted molar refractivity (Wildman–Crippen MR) is 71.9 cm³/mol. The van der Waals surface area contributed by atoms with Gasteiger partial charge in [0, 0.05) is 18.8 Å². The lowest BCUT2D eigenvalue weighted by Gasteiger charge is -2.13. The third-order valence-corrected chi connectivity index (χ3v) is 3.88. The summed E-state index contributed by atoms with van der Waals surface area (Å²) in [5.74, 6) is 0.178. The Bertz CT molecular complexity index is 480. The molecule has 0 aliphatic rings. The van der Waals surface area contributed by atoms with Crippen molar-refractivity contribution in [3.05, 3.63) is 34.9 Å². The Kier molecular flexibility index (Phi) is 4.71. The van der Waals surface area contributed by atoms with Gasteiger partial charge in [0.15, 0.2) is 0 Å². The van der Waals surface area contributed by atoms with Crippen molar-refractivity contribution in [3.8, 4) is 0 Å². The van der Waals surface area contributed by atoms with E-state index in [1.807, 2.05) is 6.92 Å². The molecule has 0 spiro atoms. The van der Waals surface area contributed by atoms with Gasteiger partial charge in [-0.3, -0.25) is 0 Å². The second-order valence-electron chi connectivity index (χ2n) is 4.79. The van der Waals surface area contributed by atoms with Crippen molar-refractivity contribution >= 4 is 9.84 Å². The monoisotopic (exact) mass is 255 g/mol. The summed E-state index contributed by atoms with van der Waals surface area (Å²) in [6.45, 7) is 6.76. The Balaban J connectivity index is 2.53. The molecule has 0 heterocycles. The lowest BCUT2D eigenvalue weighted by Crippen LogP contribution is -2.32. The van der Waals surface area contributed by atoms with Gasteiger partial charge >= 0.3 is 0 Å². The van der Waals surface area contributed by atoms with Crippen LogP contribution in [-0.2, 0) is 16.4 Å². The molecule has 0 radical (unpaired) electrons. The zero-order valence-electron chi connectivity index (χ0n) is 10.9. The maximum atomic E-state index is 11.1. The SMILES string of the molecule is Cc1ccc(CNC(C)CS(C)(=O)=O)cc1C. The zero-order chi connectivity index (χ0) is 13.1. The maximum Gasteiger partial charge on any atom is 0.148 e. The molecule has 3 nitrogen and oxygen atoms in total. The molecule has 1 aromatic rings. The van der Waals surface area contributed by atoms with Crippen LogP contribution in [0, 0.1) is 13.8 Å². The Morgan fingerprint density at radius 3 is 2.41 bits per heavy atom. The molecule has 0 aliphatic heterocycles. The maximum absolute atomic E-state index is 11.1. The van der Waals surface area contributed by atoms with Crippen molar-refractivity contribution in [1.82, 2.24) is 5.32 Å². The Labute approximate surface area is 104 Å². The molecule has 96 valence electrons. The zero-order valence-corrected chi connectivity index (χ0v) is 11.8. The van der Waals surface area contributed by atoms with E-state index < -0.39 is 9.84 Å². The van der Waals surface area contributed by atoms with E-state index in [2.05, 4.69) is 37.4 Å². The molecule has 0 fully saturated rings. The normalized spacial score (nSPS) is 13.6. The fraction of sp³-hybridized carbons (Fsp3) is 0.538. The summed E-state index contributed by atoms with van der Waals surface area (Å²) < 4.78 is 22.2. The number of aryl methyl sites for hydroxylation is 2.